The lowest BCUT2D eigenvalue weighted by atomic mass is 10.0. The van der Waals surface area contributed by atoms with Gasteiger partial charge in [0.05, 0.1) is 0 Å². The van der Waals surface area contributed by atoms with Gasteiger partial charge in [-0.3, -0.25) is 9.59 Å². The number of carbonyl (C=O) groups excluding carboxylic acids is 2. The molecule has 0 heterocycles. The van der Waals surface area contributed by atoms with Crippen molar-refractivity contribution >= 4 is 22.7 Å². The van der Waals surface area contributed by atoms with Gasteiger partial charge in [-0.15, -0.1) is 0 Å². The number of hydrogen-bond acceptors (Lipinski definition) is 4. The lowest BCUT2D eigenvalue weighted by Gasteiger charge is -2.15. The molecule has 0 spiro atoms. The van der Waals surface area contributed by atoms with E-state index in [9.17, 15) is 9.59 Å². The summed E-state index contributed by atoms with van der Waals surface area (Å²) in [6.45, 7) is 5.48. The van der Waals surface area contributed by atoms with Crippen LogP contribution in [-0.4, -0.2) is 11.9 Å². The van der Waals surface area contributed by atoms with Gasteiger partial charge < -0.3 is 9.47 Å². The number of fused-ring (bicyclic) bond motifs is 1. The number of ether oxygens (including phenoxy) is 2. The number of esters is 2. The number of benzene rings is 2. The monoisotopic (exact) mass is 300 g/mol. The molecule has 0 bridgehead atoms. The summed E-state index contributed by atoms with van der Waals surface area (Å²) in [6.07, 6.45) is 1.29. The summed E-state index contributed by atoms with van der Waals surface area (Å²) in [6, 6.07) is 9.25. The summed E-state index contributed by atoms with van der Waals surface area (Å²) in [5, 5.41) is 1.54. The van der Waals surface area contributed by atoms with Crippen LogP contribution in [-0.2, 0) is 16.0 Å². The minimum Gasteiger partial charge on any atom is -0.426 e. The Hall–Kier alpha value is -2.36. The Morgan fingerprint density at radius 2 is 1.50 bits per heavy atom. The zero-order valence-electron chi connectivity index (χ0n) is 13.1. The molecule has 4 heteroatoms. The van der Waals surface area contributed by atoms with Crippen molar-refractivity contribution in [1.82, 2.24) is 0 Å². The Morgan fingerprint density at radius 1 is 0.909 bits per heavy atom. The normalized spacial score (nSPS) is 10.5. The van der Waals surface area contributed by atoms with Crippen molar-refractivity contribution in [3.63, 3.8) is 0 Å². The quantitative estimate of drug-likeness (QED) is 0.618. The highest BCUT2D eigenvalue weighted by molar-refractivity contribution is 5.97. The summed E-state index contributed by atoms with van der Waals surface area (Å²) in [5.41, 5.74) is 0.847. The van der Waals surface area contributed by atoms with E-state index < -0.39 is 0 Å². The van der Waals surface area contributed by atoms with Gasteiger partial charge in [0.1, 0.15) is 11.5 Å². The van der Waals surface area contributed by atoms with Crippen molar-refractivity contribution in [2.75, 3.05) is 0 Å². The van der Waals surface area contributed by atoms with Gasteiger partial charge in [-0.05, 0) is 18.1 Å². The van der Waals surface area contributed by atoms with Crippen LogP contribution in [0.3, 0.4) is 0 Å². The van der Waals surface area contributed by atoms with Crippen LogP contribution in [0.2, 0.25) is 0 Å². The van der Waals surface area contributed by atoms with Crippen molar-refractivity contribution in [3.05, 3.63) is 35.9 Å². The molecule has 0 aliphatic heterocycles. The second-order valence-electron chi connectivity index (χ2n) is 4.92. The smallest absolute Gasteiger partial charge is 0.310 e. The van der Waals surface area contributed by atoms with Crippen molar-refractivity contribution < 1.29 is 19.1 Å². The summed E-state index contributed by atoms with van der Waals surface area (Å²) in [5.74, 6) is 0.500. The fourth-order valence-electron chi connectivity index (χ4n) is 2.22. The molecule has 0 aliphatic carbocycles. The van der Waals surface area contributed by atoms with Crippen LogP contribution >= 0.6 is 0 Å². The van der Waals surface area contributed by atoms with Gasteiger partial charge in [-0.25, -0.2) is 0 Å². The van der Waals surface area contributed by atoms with Gasteiger partial charge in [0.15, 0.2) is 0 Å². The molecule has 0 unspecified atom stereocenters. The third kappa shape index (κ3) is 3.27. The molecule has 0 radical (unpaired) electrons. The first-order valence-corrected chi connectivity index (χ1v) is 7.56. The van der Waals surface area contributed by atoms with E-state index >= 15 is 0 Å². The molecule has 2 rings (SSSR count). The maximum Gasteiger partial charge on any atom is 0.310 e. The lowest BCUT2D eigenvalue weighted by molar-refractivity contribution is -0.135. The molecule has 2 aromatic rings. The first kappa shape index (κ1) is 16.0. The number of aryl methyl sites for hydroxylation is 1. The Balaban J connectivity index is 2.62. The van der Waals surface area contributed by atoms with Crippen LogP contribution in [0.5, 0.6) is 11.5 Å². The van der Waals surface area contributed by atoms with Gasteiger partial charge in [-0.1, -0.05) is 45.0 Å². The molecule has 0 atom stereocenters. The van der Waals surface area contributed by atoms with E-state index in [1.54, 1.807) is 19.9 Å². The minimum absolute atomic E-state index is 0.279. The van der Waals surface area contributed by atoms with E-state index in [1.165, 1.54) is 0 Å². The third-order valence-electron chi connectivity index (χ3n) is 3.43. The topological polar surface area (TPSA) is 52.6 Å². The summed E-state index contributed by atoms with van der Waals surface area (Å²) >= 11 is 0. The second kappa shape index (κ2) is 7.07. The molecule has 0 aromatic heterocycles. The summed E-state index contributed by atoms with van der Waals surface area (Å²) < 4.78 is 10.9. The SMILES string of the molecule is CCC(=O)Oc1cc(CC)c(OC(=O)CC)c2ccccc12. The minimum atomic E-state index is -0.287. The molecule has 116 valence electrons. The Morgan fingerprint density at radius 3 is 2.09 bits per heavy atom. The summed E-state index contributed by atoms with van der Waals surface area (Å²) in [4.78, 5) is 23.3. The average Bonchev–Trinajstić information content (AvgIpc) is 2.56. The molecule has 0 amide bonds. The highest BCUT2D eigenvalue weighted by Gasteiger charge is 2.16. The molecule has 0 saturated heterocycles. The fourth-order valence-corrected chi connectivity index (χ4v) is 2.22. The summed E-state index contributed by atoms with van der Waals surface area (Å²) in [7, 11) is 0. The zero-order valence-corrected chi connectivity index (χ0v) is 13.1. The third-order valence-corrected chi connectivity index (χ3v) is 3.43. The predicted molar refractivity (Wildman–Crippen MR) is 85.2 cm³/mol. The largest absolute Gasteiger partial charge is 0.426 e. The van der Waals surface area contributed by atoms with E-state index in [1.807, 2.05) is 31.2 Å². The van der Waals surface area contributed by atoms with E-state index in [2.05, 4.69) is 0 Å². The molecule has 0 aliphatic rings. The average molecular weight is 300 g/mol. The highest BCUT2D eigenvalue weighted by atomic mass is 16.5. The number of carbonyl (C=O) groups is 2. The molecule has 2 aromatic carbocycles. The van der Waals surface area contributed by atoms with Crippen LogP contribution in [0, 0.1) is 0 Å². The van der Waals surface area contributed by atoms with Crippen molar-refractivity contribution in [2.45, 2.75) is 40.0 Å². The number of rotatable bonds is 5. The molecular formula is C18H20O4. The molecule has 0 saturated carbocycles. The van der Waals surface area contributed by atoms with Gasteiger partial charge in [0.25, 0.3) is 0 Å². The maximum absolute atomic E-state index is 11.7. The van der Waals surface area contributed by atoms with Crippen molar-refractivity contribution in [2.24, 2.45) is 0 Å². The van der Waals surface area contributed by atoms with E-state index in [-0.39, 0.29) is 11.9 Å². The lowest BCUT2D eigenvalue weighted by Crippen LogP contribution is -2.10. The molecule has 22 heavy (non-hydrogen) atoms. The van der Waals surface area contributed by atoms with Gasteiger partial charge in [0, 0.05) is 23.6 Å². The van der Waals surface area contributed by atoms with Gasteiger partial charge in [-0.2, -0.15) is 0 Å². The predicted octanol–water partition coefficient (Wildman–Crippen LogP) is 4.03. The molecular weight excluding hydrogens is 280 g/mol. The maximum atomic E-state index is 11.7. The molecule has 0 fully saturated rings. The standard InChI is InChI=1S/C18H20O4/c1-4-12-11-15(21-16(19)5-2)13-9-7-8-10-14(13)18(12)22-17(20)6-3/h7-11H,4-6H2,1-3H3. The molecule has 0 N–H and O–H groups in total. The van der Waals surface area contributed by atoms with Gasteiger partial charge >= 0.3 is 11.9 Å². The fraction of sp³-hybridized carbons (Fsp3) is 0.333. The first-order valence-electron chi connectivity index (χ1n) is 7.56. The van der Waals surface area contributed by atoms with Crippen molar-refractivity contribution in [1.29, 1.82) is 0 Å². The highest BCUT2D eigenvalue weighted by Crippen LogP contribution is 2.37. The number of hydrogen-bond donors (Lipinski definition) is 0. The first-order chi connectivity index (χ1) is 10.6. The Bertz CT molecular complexity index is 704. The van der Waals surface area contributed by atoms with Gasteiger partial charge in [0.2, 0.25) is 0 Å². The van der Waals surface area contributed by atoms with Crippen LogP contribution in [0.25, 0.3) is 10.8 Å². The second-order valence-corrected chi connectivity index (χ2v) is 4.92. The van der Waals surface area contributed by atoms with E-state index in [0.717, 1.165) is 16.3 Å². The van der Waals surface area contributed by atoms with Crippen LogP contribution < -0.4 is 9.47 Å². The Labute approximate surface area is 130 Å². The van der Waals surface area contributed by atoms with E-state index in [0.29, 0.717) is 30.8 Å². The Kier molecular flexibility index (Phi) is 5.15. The zero-order chi connectivity index (χ0) is 16.1. The van der Waals surface area contributed by atoms with E-state index in [4.69, 9.17) is 9.47 Å². The van der Waals surface area contributed by atoms with Crippen LogP contribution in [0.15, 0.2) is 30.3 Å². The van der Waals surface area contributed by atoms with Crippen LogP contribution in [0.4, 0.5) is 0 Å². The van der Waals surface area contributed by atoms with Crippen molar-refractivity contribution in [3.8, 4) is 11.5 Å². The van der Waals surface area contributed by atoms with Crippen LogP contribution in [0.1, 0.15) is 39.2 Å². The molecule has 4 nitrogen and oxygen atoms in total.